The van der Waals surface area contributed by atoms with Gasteiger partial charge < -0.3 is 14.5 Å². The normalized spacial score (nSPS) is 20.2. The van der Waals surface area contributed by atoms with Gasteiger partial charge in [-0.3, -0.25) is 5.32 Å². The third kappa shape index (κ3) is 5.66. The fourth-order valence-corrected chi connectivity index (χ4v) is 5.87. The molecule has 0 aromatic heterocycles. The Hall–Kier alpha value is -2.62. The van der Waals surface area contributed by atoms with Crippen molar-refractivity contribution >= 4 is 27.5 Å². The van der Waals surface area contributed by atoms with Crippen LogP contribution in [0.3, 0.4) is 0 Å². The van der Waals surface area contributed by atoms with Crippen LogP contribution >= 0.6 is 0 Å². The van der Waals surface area contributed by atoms with E-state index < -0.39 is 16.1 Å². The lowest BCUT2D eigenvalue weighted by molar-refractivity contribution is 0.0774. The van der Waals surface area contributed by atoms with Gasteiger partial charge in [-0.15, -0.1) is 0 Å². The zero-order valence-electron chi connectivity index (χ0n) is 19.2. The maximum absolute atomic E-state index is 12.7. The van der Waals surface area contributed by atoms with Crippen LogP contribution in [0.1, 0.15) is 19.3 Å². The number of likely N-dealkylation sites (N-methyl/N-ethyl adjacent to an activating group) is 1. The van der Waals surface area contributed by atoms with Gasteiger partial charge in [0, 0.05) is 43.6 Å². The molecular weight excluding hydrogens is 440 g/mol. The third-order valence-electron chi connectivity index (χ3n) is 6.43. The summed E-state index contributed by atoms with van der Waals surface area (Å²) in [5.74, 6) is 0. The Labute approximate surface area is 196 Å². The summed E-state index contributed by atoms with van der Waals surface area (Å²) in [7, 11) is 0.708. The highest BCUT2D eigenvalue weighted by Crippen LogP contribution is 2.25. The van der Waals surface area contributed by atoms with Crippen molar-refractivity contribution in [3.8, 4) is 0 Å². The Morgan fingerprint density at radius 1 is 0.970 bits per heavy atom. The number of benzene rings is 2. The average Bonchev–Trinajstić information content (AvgIpc) is 3.31. The fraction of sp³-hybridized carbons (Fsp3) is 0.458. The van der Waals surface area contributed by atoms with E-state index in [-0.39, 0.29) is 11.0 Å². The highest BCUT2D eigenvalue weighted by Gasteiger charge is 2.31. The van der Waals surface area contributed by atoms with E-state index in [4.69, 9.17) is 4.74 Å². The van der Waals surface area contributed by atoms with Crippen molar-refractivity contribution < 1.29 is 17.9 Å². The minimum absolute atomic E-state index is 0.289. The average molecular weight is 473 g/mol. The maximum Gasteiger partial charge on any atom is 0.411 e. The zero-order valence-corrected chi connectivity index (χ0v) is 20.0. The largest absolute Gasteiger partial charge is 0.446 e. The van der Waals surface area contributed by atoms with Gasteiger partial charge in [0.1, 0.15) is 6.10 Å². The number of carbonyl (C=O) groups is 1. The molecule has 1 unspecified atom stereocenters. The minimum Gasteiger partial charge on any atom is -0.446 e. The topological polar surface area (TPSA) is 82.2 Å². The number of carbonyl (C=O) groups excluding carboxylic acids is 1. The number of amides is 1. The summed E-state index contributed by atoms with van der Waals surface area (Å²) in [4.78, 5) is 17.3. The van der Waals surface area contributed by atoms with Gasteiger partial charge in [-0.1, -0.05) is 18.2 Å². The molecule has 1 atom stereocenters. The van der Waals surface area contributed by atoms with Gasteiger partial charge in [-0.2, -0.15) is 4.31 Å². The molecule has 0 bridgehead atoms. The predicted molar refractivity (Wildman–Crippen MR) is 129 cm³/mol. The van der Waals surface area contributed by atoms with E-state index in [1.54, 1.807) is 30.3 Å². The van der Waals surface area contributed by atoms with Crippen molar-refractivity contribution in [2.75, 3.05) is 50.5 Å². The molecule has 2 aliphatic heterocycles. The molecule has 2 saturated heterocycles. The van der Waals surface area contributed by atoms with Crippen molar-refractivity contribution in [3.63, 3.8) is 0 Å². The molecule has 8 nitrogen and oxygen atoms in total. The van der Waals surface area contributed by atoms with E-state index in [0.717, 1.165) is 25.2 Å². The van der Waals surface area contributed by atoms with Crippen molar-refractivity contribution in [2.24, 2.45) is 0 Å². The standard InChI is InChI=1S/C24H32N4O4S/c1-26(2)21-12-15-27(18-21)20-10-8-19(9-11-20)25-24(29)32-22-13-16-28(17-14-22)33(30,31)23-6-4-3-5-7-23/h3-11,21-22H,12-18H2,1-2H3,(H,25,29). The SMILES string of the molecule is CN(C)C1CCN(c2ccc(NC(=O)OC3CCN(S(=O)(=O)c4ccccc4)CC3)cc2)C1. The second-order valence-corrected chi connectivity index (χ2v) is 10.8. The molecule has 178 valence electrons. The van der Waals surface area contributed by atoms with Crippen LogP contribution in [0.15, 0.2) is 59.5 Å². The molecule has 2 aliphatic rings. The third-order valence-corrected chi connectivity index (χ3v) is 8.34. The lowest BCUT2D eigenvalue weighted by Crippen LogP contribution is -2.41. The number of nitrogens with zero attached hydrogens (tertiary/aromatic N) is 3. The lowest BCUT2D eigenvalue weighted by Gasteiger charge is -2.30. The lowest BCUT2D eigenvalue weighted by atomic mass is 10.1. The molecule has 0 aliphatic carbocycles. The van der Waals surface area contributed by atoms with Gasteiger partial charge in [0.25, 0.3) is 0 Å². The second-order valence-electron chi connectivity index (χ2n) is 8.85. The van der Waals surface area contributed by atoms with Crippen molar-refractivity contribution in [3.05, 3.63) is 54.6 Å². The summed E-state index contributed by atoms with van der Waals surface area (Å²) >= 11 is 0. The number of ether oxygens (including phenoxy) is 1. The summed E-state index contributed by atoms with van der Waals surface area (Å²) in [5, 5.41) is 2.78. The number of rotatable bonds is 6. The monoisotopic (exact) mass is 472 g/mol. The number of anilines is 2. The molecular formula is C24H32N4O4S. The minimum atomic E-state index is -3.51. The van der Waals surface area contributed by atoms with Crippen molar-refractivity contribution in [2.45, 2.75) is 36.3 Å². The molecule has 33 heavy (non-hydrogen) atoms. The Bertz CT molecular complexity index is 1040. The molecule has 0 radical (unpaired) electrons. The summed E-state index contributed by atoms with van der Waals surface area (Å²) in [6.07, 6.45) is 1.27. The number of nitrogens with one attached hydrogen (secondary N) is 1. The van der Waals surface area contributed by atoms with Gasteiger partial charge in [-0.25, -0.2) is 13.2 Å². The molecule has 9 heteroatoms. The van der Waals surface area contributed by atoms with Crippen molar-refractivity contribution in [1.82, 2.24) is 9.21 Å². The van der Waals surface area contributed by atoms with Gasteiger partial charge in [-0.05, 0) is 69.8 Å². The Morgan fingerprint density at radius 3 is 2.24 bits per heavy atom. The Balaban J connectivity index is 1.25. The Kier molecular flexibility index (Phi) is 7.21. The fourth-order valence-electron chi connectivity index (χ4n) is 4.38. The summed E-state index contributed by atoms with van der Waals surface area (Å²) < 4.78 is 32.5. The first-order valence-electron chi connectivity index (χ1n) is 11.4. The number of hydrogen-bond acceptors (Lipinski definition) is 6. The van der Waals surface area contributed by atoms with E-state index in [0.29, 0.717) is 37.7 Å². The molecule has 0 saturated carbocycles. The van der Waals surface area contributed by atoms with E-state index in [1.165, 1.54) is 4.31 Å². The Morgan fingerprint density at radius 2 is 1.64 bits per heavy atom. The molecule has 2 heterocycles. The molecule has 0 spiro atoms. The molecule has 2 aromatic carbocycles. The van der Waals surface area contributed by atoms with Crippen LogP contribution in [0.5, 0.6) is 0 Å². The first-order valence-corrected chi connectivity index (χ1v) is 12.8. The van der Waals surface area contributed by atoms with E-state index in [1.807, 2.05) is 24.3 Å². The van der Waals surface area contributed by atoms with Gasteiger partial charge in [0.15, 0.2) is 0 Å². The molecule has 2 fully saturated rings. The first kappa shape index (κ1) is 23.5. The zero-order chi connectivity index (χ0) is 23.4. The van der Waals surface area contributed by atoms with Crippen LogP contribution in [0.2, 0.25) is 0 Å². The van der Waals surface area contributed by atoms with Crippen LogP contribution in [-0.4, -0.2) is 76.1 Å². The van der Waals surface area contributed by atoms with Gasteiger partial charge >= 0.3 is 6.09 Å². The van der Waals surface area contributed by atoms with Crippen LogP contribution in [0.4, 0.5) is 16.2 Å². The smallest absolute Gasteiger partial charge is 0.411 e. The summed E-state index contributed by atoms with van der Waals surface area (Å²) in [5.41, 5.74) is 1.82. The van der Waals surface area contributed by atoms with Crippen LogP contribution in [0, 0.1) is 0 Å². The van der Waals surface area contributed by atoms with E-state index in [2.05, 4.69) is 29.2 Å². The summed E-state index contributed by atoms with van der Waals surface area (Å²) in [6.45, 7) is 2.68. The van der Waals surface area contributed by atoms with Gasteiger partial charge in [0.05, 0.1) is 4.90 Å². The highest BCUT2D eigenvalue weighted by atomic mass is 32.2. The molecule has 1 amide bonds. The quantitative estimate of drug-likeness (QED) is 0.695. The first-order chi connectivity index (χ1) is 15.8. The van der Waals surface area contributed by atoms with Crippen molar-refractivity contribution in [1.29, 1.82) is 0 Å². The van der Waals surface area contributed by atoms with Gasteiger partial charge in [0.2, 0.25) is 10.0 Å². The number of hydrogen-bond donors (Lipinski definition) is 1. The maximum atomic E-state index is 12.7. The highest BCUT2D eigenvalue weighted by molar-refractivity contribution is 7.89. The van der Waals surface area contributed by atoms with E-state index >= 15 is 0 Å². The second kappa shape index (κ2) is 10.1. The number of piperidine rings is 1. The number of sulfonamides is 1. The molecule has 2 aromatic rings. The predicted octanol–water partition coefficient (Wildman–Crippen LogP) is 3.23. The van der Waals surface area contributed by atoms with Crippen LogP contribution in [0.25, 0.3) is 0 Å². The molecule has 4 rings (SSSR count). The van der Waals surface area contributed by atoms with Crippen LogP contribution in [-0.2, 0) is 14.8 Å². The van der Waals surface area contributed by atoms with E-state index in [9.17, 15) is 13.2 Å². The molecule has 1 N–H and O–H groups in total. The van der Waals surface area contributed by atoms with Crippen LogP contribution < -0.4 is 10.2 Å². The summed E-state index contributed by atoms with van der Waals surface area (Å²) in [6, 6.07) is 16.8.